The van der Waals surface area contributed by atoms with E-state index in [1.165, 1.54) is 4.90 Å². The fourth-order valence-electron chi connectivity index (χ4n) is 3.32. The molecule has 9 nitrogen and oxygen atoms in total. The molecular formula is C10H15N3O6. The number of aliphatic hydroxyl groups is 1. The molecule has 0 radical (unpaired) electrons. The van der Waals surface area contributed by atoms with Gasteiger partial charge in [-0.25, -0.2) is 0 Å². The van der Waals surface area contributed by atoms with Gasteiger partial charge in [-0.1, -0.05) is 0 Å². The zero-order chi connectivity index (χ0) is 14.3. The van der Waals surface area contributed by atoms with Gasteiger partial charge in [0.1, 0.15) is 5.78 Å². The highest BCUT2D eigenvalue weighted by atomic mass is 16.6. The molecule has 9 heteroatoms. The van der Waals surface area contributed by atoms with Crippen LogP contribution in [0.5, 0.6) is 0 Å². The topological polar surface area (TPSA) is 127 Å². The van der Waals surface area contributed by atoms with E-state index in [1.807, 2.05) is 0 Å². The van der Waals surface area contributed by atoms with Gasteiger partial charge in [0.25, 0.3) is 0 Å². The average molecular weight is 273 g/mol. The quantitative estimate of drug-likeness (QED) is 0.518. The van der Waals surface area contributed by atoms with Crippen molar-refractivity contribution in [3.8, 4) is 0 Å². The molecule has 0 aromatic carbocycles. The first kappa shape index (κ1) is 13.8. The highest BCUT2D eigenvalue weighted by Gasteiger charge is 2.66. The minimum absolute atomic E-state index is 0.0259. The van der Waals surface area contributed by atoms with E-state index in [4.69, 9.17) is 5.11 Å². The van der Waals surface area contributed by atoms with Crippen molar-refractivity contribution >= 4 is 5.78 Å². The van der Waals surface area contributed by atoms with Gasteiger partial charge in [0.2, 0.25) is 11.1 Å². The van der Waals surface area contributed by atoms with Gasteiger partial charge >= 0.3 is 0 Å². The number of carbonyl (C=O) groups is 1. The molecule has 1 N–H and O–H groups in total. The maximum Gasteiger partial charge on any atom is 0.248 e. The molecule has 0 amide bonds. The van der Waals surface area contributed by atoms with Gasteiger partial charge in [0.05, 0.1) is 39.0 Å². The first-order valence-corrected chi connectivity index (χ1v) is 5.97. The van der Waals surface area contributed by atoms with Crippen molar-refractivity contribution in [1.29, 1.82) is 0 Å². The van der Waals surface area contributed by atoms with Gasteiger partial charge in [-0.2, -0.15) is 0 Å². The monoisotopic (exact) mass is 273 g/mol. The largest absolute Gasteiger partial charge is 0.395 e. The Balaban J connectivity index is 2.41. The number of aliphatic hydroxyl groups excluding tert-OH is 1. The Morgan fingerprint density at radius 1 is 1.16 bits per heavy atom. The van der Waals surface area contributed by atoms with Crippen LogP contribution in [0.25, 0.3) is 0 Å². The number of rotatable bonds is 4. The second-order valence-electron chi connectivity index (χ2n) is 5.47. The number of fused-ring (bicyclic) bond motifs is 2. The summed E-state index contributed by atoms with van der Waals surface area (Å²) in [5, 5.41) is 31.5. The second-order valence-corrected chi connectivity index (χ2v) is 5.47. The Bertz CT molecular complexity index is 407. The Morgan fingerprint density at radius 3 is 2.00 bits per heavy atom. The summed E-state index contributed by atoms with van der Waals surface area (Å²) < 4.78 is 0. The van der Waals surface area contributed by atoms with Crippen LogP contribution in [0.2, 0.25) is 0 Å². The predicted molar refractivity (Wildman–Crippen MR) is 61.8 cm³/mol. The van der Waals surface area contributed by atoms with Crippen LogP contribution in [0, 0.1) is 20.2 Å². The number of likely N-dealkylation sites (tertiary alicyclic amines) is 1. The smallest absolute Gasteiger partial charge is 0.248 e. The zero-order valence-corrected chi connectivity index (χ0v) is 10.3. The predicted octanol–water partition coefficient (Wildman–Crippen LogP) is -0.922. The van der Waals surface area contributed by atoms with Crippen LogP contribution in [-0.2, 0) is 4.79 Å². The molecule has 19 heavy (non-hydrogen) atoms. The van der Waals surface area contributed by atoms with Gasteiger partial charge in [-0.05, 0) is 0 Å². The van der Waals surface area contributed by atoms with E-state index in [9.17, 15) is 25.0 Å². The summed E-state index contributed by atoms with van der Waals surface area (Å²) in [6.07, 6.45) is -0.747. The number of hydrogen-bond acceptors (Lipinski definition) is 7. The molecule has 1 aliphatic heterocycles. The minimum atomic E-state index is -1.59. The van der Waals surface area contributed by atoms with Crippen LogP contribution < -0.4 is 0 Å². The van der Waals surface area contributed by atoms with E-state index in [0.717, 1.165) is 0 Å². The Kier molecular flexibility index (Phi) is 3.27. The average Bonchev–Trinajstić information content (AvgIpc) is 2.27. The molecule has 0 aromatic heterocycles. The molecule has 1 saturated heterocycles. The first-order valence-electron chi connectivity index (χ1n) is 5.97. The number of piperidine rings is 1. The number of ketones is 1. The minimum Gasteiger partial charge on any atom is -0.395 e. The number of β-amino-alcohol motifs (C(OH)–C–C–N with tert-alkyl or cyclic N) is 1. The van der Waals surface area contributed by atoms with Gasteiger partial charge in [-0.15, -0.1) is 0 Å². The van der Waals surface area contributed by atoms with Crippen molar-refractivity contribution in [1.82, 2.24) is 4.90 Å². The van der Waals surface area contributed by atoms with E-state index in [-0.39, 0.29) is 45.5 Å². The normalized spacial score (nSPS) is 35.1. The third-order valence-corrected chi connectivity index (χ3v) is 3.94. The van der Waals surface area contributed by atoms with Crippen LogP contribution in [0.1, 0.15) is 19.3 Å². The first-order chi connectivity index (χ1) is 8.83. The molecule has 106 valence electrons. The molecular weight excluding hydrogens is 258 g/mol. The van der Waals surface area contributed by atoms with Gasteiger partial charge in [0.15, 0.2) is 0 Å². The third-order valence-electron chi connectivity index (χ3n) is 3.94. The van der Waals surface area contributed by atoms with E-state index in [1.54, 1.807) is 0 Å². The number of nitro groups is 2. The molecule has 1 aliphatic carbocycles. The van der Waals surface area contributed by atoms with Crippen molar-refractivity contribution in [3.05, 3.63) is 20.2 Å². The lowest BCUT2D eigenvalue weighted by atomic mass is 9.67. The fourth-order valence-corrected chi connectivity index (χ4v) is 3.32. The van der Waals surface area contributed by atoms with Crippen LogP contribution in [0.4, 0.5) is 0 Å². The lowest BCUT2D eigenvalue weighted by Gasteiger charge is -2.45. The highest BCUT2D eigenvalue weighted by Crippen LogP contribution is 2.42. The van der Waals surface area contributed by atoms with Crippen molar-refractivity contribution in [2.24, 2.45) is 0 Å². The second kappa shape index (κ2) is 4.49. The van der Waals surface area contributed by atoms with Crippen LogP contribution in [-0.4, -0.2) is 63.0 Å². The number of Topliss-reactive ketones (excluding diaryl/α,β-unsaturated/α-hetero) is 1. The van der Waals surface area contributed by atoms with Crippen molar-refractivity contribution in [2.75, 3.05) is 26.2 Å². The van der Waals surface area contributed by atoms with Crippen molar-refractivity contribution in [2.45, 2.75) is 30.3 Å². The molecule has 0 spiro atoms. The Hall–Kier alpha value is -1.61. The molecule has 2 aliphatic rings. The van der Waals surface area contributed by atoms with Gasteiger partial charge < -0.3 is 5.11 Å². The van der Waals surface area contributed by atoms with E-state index < -0.39 is 26.7 Å². The van der Waals surface area contributed by atoms with Crippen LogP contribution in [0.3, 0.4) is 0 Å². The lowest BCUT2D eigenvalue weighted by Crippen LogP contribution is -2.69. The summed E-state index contributed by atoms with van der Waals surface area (Å²) in [6, 6.07) is 0. The molecule has 2 bridgehead atoms. The lowest BCUT2D eigenvalue weighted by molar-refractivity contribution is -0.628. The molecule has 1 heterocycles. The molecule has 0 unspecified atom stereocenters. The number of hydrogen-bond donors (Lipinski definition) is 1. The summed E-state index contributed by atoms with van der Waals surface area (Å²) in [7, 11) is 0. The zero-order valence-electron chi connectivity index (χ0n) is 10.3. The summed E-state index contributed by atoms with van der Waals surface area (Å²) in [6.45, 7) is -0.140. The van der Waals surface area contributed by atoms with E-state index >= 15 is 0 Å². The molecule has 1 saturated carbocycles. The van der Waals surface area contributed by atoms with Crippen molar-refractivity contribution < 1.29 is 19.7 Å². The standard InChI is InChI=1S/C10H15N3O6/c14-2-1-11-6-9(12(16)17)3-8(15)4-10(5-9,7-11)13(18)19/h14H,1-7H2/t9-,10+. The summed E-state index contributed by atoms with van der Waals surface area (Å²) in [5.41, 5.74) is -3.17. The molecule has 2 fully saturated rings. The summed E-state index contributed by atoms with van der Waals surface area (Å²) >= 11 is 0. The molecule has 2 atom stereocenters. The fraction of sp³-hybridized carbons (Fsp3) is 0.900. The van der Waals surface area contributed by atoms with Crippen LogP contribution >= 0.6 is 0 Å². The van der Waals surface area contributed by atoms with Gasteiger partial charge in [0, 0.05) is 16.4 Å². The highest BCUT2D eigenvalue weighted by molar-refractivity contribution is 5.82. The summed E-state index contributed by atoms with van der Waals surface area (Å²) in [5.74, 6) is -0.428. The van der Waals surface area contributed by atoms with Gasteiger partial charge in [-0.3, -0.25) is 29.9 Å². The third kappa shape index (κ3) is 2.19. The maximum absolute atomic E-state index is 11.7. The SMILES string of the molecule is O=C1C[C@]2([N+](=O)[O-])CN(CCO)C[C@]([N+](=O)[O-])(C1)C2. The number of nitrogens with zero attached hydrogens (tertiary/aromatic N) is 3. The maximum atomic E-state index is 11.7. The molecule has 0 aromatic rings. The van der Waals surface area contributed by atoms with Crippen LogP contribution in [0.15, 0.2) is 0 Å². The Morgan fingerprint density at radius 2 is 1.63 bits per heavy atom. The van der Waals surface area contributed by atoms with E-state index in [0.29, 0.717) is 0 Å². The summed E-state index contributed by atoms with van der Waals surface area (Å²) in [4.78, 5) is 34.6. The van der Waals surface area contributed by atoms with Crippen molar-refractivity contribution in [3.63, 3.8) is 0 Å². The van der Waals surface area contributed by atoms with E-state index in [2.05, 4.69) is 0 Å². The number of carbonyl (C=O) groups excluding carboxylic acids is 1. The molecule has 2 rings (SSSR count). The Labute approximate surface area is 108 Å².